The van der Waals surface area contributed by atoms with Crippen molar-refractivity contribution in [2.75, 3.05) is 17.1 Å². The topological polar surface area (TPSA) is 86.8 Å². The van der Waals surface area contributed by atoms with Crippen molar-refractivity contribution in [1.29, 1.82) is 0 Å². The molecule has 0 saturated carbocycles. The summed E-state index contributed by atoms with van der Waals surface area (Å²) in [6.45, 7) is 9.15. The summed E-state index contributed by atoms with van der Waals surface area (Å²) in [6, 6.07) is 23.5. The van der Waals surface area contributed by atoms with E-state index in [-0.39, 0.29) is 18.9 Å². The predicted molar refractivity (Wildman–Crippen MR) is 157 cm³/mol. The molecule has 1 N–H and O–H groups in total. The van der Waals surface area contributed by atoms with Crippen LogP contribution in [0.2, 0.25) is 0 Å². The molecule has 0 unspecified atom stereocenters. The maximum absolute atomic E-state index is 14.1. The fourth-order valence-corrected chi connectivity index (χ4v) is 5.33. The van der Waals surface area contributed by atoms with Crippen molar-refractivity contribution in [3.8, 4) is 0 Å². The standard InChI is InChI=1S/C31H39N3O4S/c1-23-17-24(2)19-27(18-23)34(39(6,37)38)22-29(35)33(21-26-15-11-8-12-16-26)28(30(36)32-31(3,4)5)20-25-13-9-7-10-14-25/h7-19,28H,20-22H2,1-6H3,(H,32,36)/t28-/m0/s1. The quantitative estimate of drug-likeness (QED) is 0.400. The molecule has 0 spiro atoms. The summed E-state index contributed by atoms with van der Waals surface area (Å²) in [5.41, 5.74) is 3.40. The van der Waals surface area contributed by atoms with Crippen molar-refractivity contribution < 1.29 is 18.0 Å². The lowest BCUT2D eigenvalue weighted by Gasteiger charge is -2.35. The Morgan fingerprint density at radius 3 is 1.85 bits per heavy atom. The van der Waals surface area contributed by atoms with Crippen LogP contribution in [0.25, 0.3) is 0 Å². The van der Waals surface area contributed by atoms with Gasteiger partial charge in [-0.1, -0.05) is 66.7 Å². The first-order valence-electron chi connectivity index (χ1n) is 13.0. The molecular weight excluding hydrogens is 510 g/mol. The number of aryl methyl sites for hydroxylation is 2. The number of carbonyl (C=O) groups is 2. The number of nitrogens with zero attached hydrogens (tertiary/aromatic N) is 2. The first kappa shape index (κ1) is 29.9. The fourth-order valence-electron chi connectivity index (χ4n) is 4.50. The number of hydrogen-bond acceptors (Lipinski definition) is 4. The third kappa shape index (κ3) is 8.96. The lowest BCUT2D eigenvalue weighted by Crippen LogP contribution is -2.56. The van der Waals surface area contributed by atoms with E-state index >= 15 is 0 Å². The molecule has 0 heterocycles. The van der Waals surface area contributed by atoms with Gasteiger partial charge in [-0.05, 0) is 69.0 Å². The van der Waals surface area contributed by atoms with Gasteiger partial charge in [0.2, 0.25) is 21.8 Å². The number of rotatable bonds is 10. The Balaban J connectivity index is 2.07. The Kier molecular flexibility index (Phi) is 9.56. The third-order valence-corrected chi connectivity index (χ3v) is 7.28. The van der Waals surface area contributed by atoms with E-state index in [1.54, 1.807) is 12.1 Å². The summed E-state index contributed by atoms with van der Waals surface area (Å²) in [6.07, 6.45) is 1.37. The van der Waals surface area contributed by atoms with Crippen molar-refractivity contribution in [2.24, 2.45) is 0 Å². The molecule has 0 fully saturated rings. The molecule has 2 amide bonds. The van der Waals surface area contributed by atoms with Crippen LogP contribution in [-0.2, 0) is 32.6 Å². The highest BCUT2D eigenvalue weighted by atomic mass is 32.2. The zero-order valence-corrected chi connectivity index (χ0v) is 24.5. The smallest absolute Gasteiger partial charge is 0.244 e. The van der Waals surface area contributed by atoms with E-state index in [2.05, 4.69) is 5.32 Å². The van der Waals surface area contributed by atoms with E-state index in [0.29, 0.717) is 5.69 Å². The molecule has 39 heavy (non-hydrogen) atoms. The van der Waals surface area contributed by atoms with Crippen molar-refractivity contribution in [1.82, 2.24) is 10.2 Å². The normalized spacial score (nSPS) is 12.5. The monoisotopic (exact) mass is 549 g/mol. The second-order valence-electron chi connectivity index (χ2n) is 11.1. The molecular formula is C31H39N3O4S. The highest BCUT2D eigenvalue weighted by molar-refractivity contribution is 7.92. The van der Waals surface area contributed by atoms with Crippen LogP contribution in [0, 0.1) is 13.8 Å². The lowest BCUT2D eigenvalue weighted by atomic mass is 10.0. The van der Waals surface area contributed by atoms with Crippen LogP contribution >= 0.6 is 0 Å². The molecule has 208 valence electrons. The van der Waals surface area contributed by atoms with Gasteiger partial charge in [-0.2, -0.15) is 0 Å². The summed E-state index contributed by atoms with van der Waals surface area (Å²) < 4.78 is 27.0. The van der Waals surface area contributed by atoms with E-state index in [4.69, 9.17) is 0 Å². The summed E-state index contributed by atoms with van der Waals surface area (Å²) in [4.78, 5) is 29.3. The fraction of sp³-hybridized carbons (Fsp3) is 0.355. The van der Waals surface area contributed by atoms with Crippen LogP contribution in [0.3, 0.4) is 0 Å². The minimum Gasteiger partial charge on any atom is -0.350 e. The van der Waals surface area contributed by atoms with Gasteiger partial charge in [0.15, 0.2) is 0 Å². The Bertz CT molecular complexity index is 1360. The lowest BCUT2D eigenvalue weighted by molar-refractivity contribution is -0.140. The van der Waals surface area contributed by atoms with Gasteiger partial charge in [0, 0.05) is 18.5 Å². The molecule has 0 saturated heterocycles. The SMILES string of the molecule is Cc1cc(C)cc(N(CC(=O)N(Cc2ccccc2)[C@@H](Cc2ccccc2)C(=O)NC(C)(C)C)S(C)(=O)=O)c1. The Morgan fingerprint density at radius 1 is 0.846 bits per heavy atom. The second kappa shape index (κ2) is 12.5. The molecule has 0 aromatic heterocycles. The maximum atomic E-state index is 14.1. The van der Waals surface area contributed by atoms with Gasteiger partial charge in [0.05, 0.1) is 11.9 Å². The van der Waals surface area contributed by atoms with Gasteiger partial charge >= 0.3 is 0 Å². The second-order valence-corrected chi connectivity index (χ2v) is 13.0. The van der Waals surface area contributed by atoms with E-state index < -0.39 is 34.1 Å². The van der Waals surface area contributed by atoms with Gasteiger partial charge in [-0.15, -0.1) is 0 Å². The minimum absolute atomic E-state index is 0.152. The zero-order valence-electron chi connectivity index (χ0n) is 23.6. The van der Waals surface area contributed by atoms with Crippen LogP contribution in [0.1, 0.15) is 43.0 Å². The van der Waals surface area contributed by atoms with Crippen LogP contribution in [0.4, 0.5) is 5.69 Å². The molecule has 3 aromatic rings. The van der Waals surface area contributed by atoms with Crippen molar-refractivity contribution in [3.05, 3.63) is 101 Å². The number of nitrogens with one attached hydrogen (secondary N) is 1. The van der Waals surface area contributed by atoms with Crippen molar-refractivity contribution in [2.45, 2.75) is 59.2 Å². The van der Waals surface area contributed by atoms with Gasteiger partial charge in [-0.3, -0.25) is 13.9 Å². The largest absolute Gasteiger partial charge is 0.350 e. The first-order chi connectivity index (χ1) is 18.2. The number of hydrogen-bond donors (Lipinski definition) is 1. The number of anilines is 1. The molecule has 7 nitrogen and oxygen atoms in total. The summed E-state index contributed by atoms with van der Waals surface area (Å²) in [5, 5.41) is 3.03. The number of benzene rings is 3. The van der Waals surface area contributed by atoms with Gasteiger partial charge in [-0.25, -0.2) is 8.42 Å². The van der Waals surface area contributed by atoms with E-state index in [0.717, 1.165) is 32.8 Å². The summed E-state index contributed by atoms with van der Waals surface area (Å²) in [5.74, 6) is -0.763. The average Bonchev–Trinajstić information content (AvgIpc) is 2.83. The molecule has 0 aliphatic rings. The maximum Gasteiger partial charge on any atom is 0.244 e. The molecule has 3 rings (SSSR count). The summed E-state index contributed by atoms with van der Waals surface area (Å²) in [7, 11) is -3.80. The van der Waals surface area contributed by atoms with Crippen molar-refractivity contribution >= 4 is 27.5 Å². The molecule has 0 radical (unpaired) electrons. The minimum atomic E-state index is -3.80. The van der Waals surface area contributed by atoms with Crippen LogP contribution in [-0.4, -0.2) is 49.5 Å². The van der Waals surface area contributed by atoms with Crippen molar-refractivity contribution in [3.63, 3.8) is 0 Å². The third-order valence-electron chi connectivity index (χ3n) is 6.14. The van der Waals surface area contributed by atoms with Gasteiger partial charge in [0.25, 0.3) is 0 Å². The predicted octanol–water partition coefficient (Wildman–Crippen LogP) is 4.62. The number of sulfonamides is 1. The number of carbonyl (C=O) groups excluding carboxylic acids is 2. The molecule has 0 aliphatic carbocycles. The highest BCUT2D eigenvalue weighted by Gasteiger charge is 2.34. The highest BCUT2D eigenvalue weighted by Crippen LogP contribution is 2.23. The Labute approximate surface area is 232 Å². The van der Waals surface area contributed by atoms with Crippen LogP contribution < -0.4 is 9.62 Å². The van der Waals surface area contributed by atoms with E-state index in [1.807, 2.05) is 101 Å². The van der Waals surface area contributed by atoms with Crippen LogP contribution in [0.5, 0.6) is 0 Å². The molecule has 3 aromatic carbocycles. The van der Waals surface area contributed by atoms with Gasteiger partial charge in [0.1, 0.15) is 12.6 Å². The molecule has 0 bridgehead atoms. The molecule has 1 atom stereocenters. The van der Waals surface area contributed by atoms with E-state index in [9.17, 15) is 18.0 Å². The Morgan fingerprint density at radius 2 is 1.36 bits per heavy atom. The molecule has 8 heteroatoms. The van der Waals surface area contributed by atoms with Crippen LogP contribution in [0.15, 0.2) is 78.9 Å². The number of amides is 2. The zero-order chi connectivity index (χ0) is 28.8. The van der Waals surface area contributed by atoms with E-state index in [1.165, 1.54) is 4.90 Å². The first-order valence-corrected chi connectivity index (χ1v) is 14.8. The molecule has 0 aliphatic heterocycles. The summed E-state index contributed by atoms with van der Waals surface area (Å²) >= 11 is 0. The van der Waals surface area contributed by atoms with Gasteiger partial charge < -0.3 is 10.2 Å². The average molecular weight is 550 g/mol. The Hall–Kier alpha value is -3.65.